The van der Waals surface area contributed by atoms with E-state index in [1.165, 1.54) is 0 Å². The van der Waals surface area contributed by atoms with Gasteiger partial charge in [0.15, 0.2) is 0 Å². The third-order valence-corrected chi connectivity index (χ3v) is 3.91. The second-order valence-electron chi connectivity index (χ2n) is 4.00. The number of aromatic nitrogens is 2. The van der Waals surface area contributed by atoms with E-state index in [1.54, 1.807) is 24.0 Å². The number of carboxylic acid groups (broad SMARTS) is 1. The first-order valence-corrected chi connectivity index (χ1v) is 6.38. The zero-order chi connectivity index (χ0) is 12.3. The lowest BCUT2D eigenvalue weighted by Gasteiger charge is -2.24. The van der Waals surface area contributed by atoms with Crippen molar-refractivity contribution in [2.45, 2.75) is 18.4 Å². The highest BCUT2D eigenvalue weighted by Gasteiger charge is 2.43. The van der Waals surface area contributed by atoms with Crippen LogP contribution in [0, 0.1) is 0 Å². The first-order valence-electron chi connectivity index (χ1n) is 5.23. The summed E-state index contributed by atoms with van der Waals surface area (Å²) in [7, 11) is 0. The summed E-state index contributed by atoms with van der Waals surface area (Å²) in [5.74, 6) is -0.0622. The molecule has 1 atom stereocenters. The number of carboxylic acids is 1. The van der Waals surface area contributed by atoms with E-state index in [0.29, 0.717) is 17.9 Å². The zero-order valence-corrected chi connectivity index (χ0v) is 9.92. The van der Waals surface area contributed by atoms with E-state index >= 15 is 0 Å². The second-order valence-corrected chi connectivity index (χ2v) is 5.10. The van der Waals surface area contributed by atoms with Gasteiger partial charge in [-0.2, -0.15) is 16.9 Å². The van der Waals surface area contributed by atoms with Gasteiger partial charge in [0.1, 0.15) is 5.54 Å². The van der Waals surface area contributed by atoms with Crippen LogP contribution < -0.4 is 5.32 Å². The van der Waals surface area contributed by atoms with Crippen molar-refractivity contribution in [3.05, 3.63) is 18.0 Å². The molecule has 2 heterocycles. The lowest BCUT2D eigenvalue weighted by molar-refractivity contribution is -0.146. The van der Waals surface area contributed by atoms with Crippen molar-refractivity contribution in [2.24, 2.45) is 0 Å². The molecule has 92 valence electrons. The quantitative estimate of drug-likeness (QED) is 0.705. The summed E-state index contributed by atoms with van der Waals surface area (Å²) >= 11 is 1.54. The molecule has 1 unspecified atom stereocenters. The topological polar surface area (TPSA) is 95.1 Å². The standard InChI is InChI=1S/C10H13N3O3S/c14-8(5-7-1-3-11-13-7)12-10(9(15)16)2-4-17-6-10/h1,3H,2,4-6H2,(H,11,13)(H,12,14)(H,15,16). The molecule has 0 spiro atoms. The molecule has 0 aliphatic carbocycles. The van der Waals surface area contributed by atoms with E-state index in [2.05, 4.69) is 15.5 Å². The molecule has 6 nitrogen and oxygen atoms in total. The van der Waals surface area contributed by atoms with Crippen LogP contribution in [0.1, 0.15) is 12.1 Å². The molecule has 1 saturated heterocycles. The van der Waals surface area contributed by atoms with Gasteiger partial charge < -0.3 is 10.4 Å². The van der Waals surface area contributed by atoms with Gasteiger partial charge in [-0.05, 0) is 18.2 Å². The highest BCUT2D eigenvalue weighted by molar-refractivity contribution is 7.99. The minimum Gasteiger partial charge on any atom is -0.479 e. The fourth-order valence-corrected chi connectivity index (χ4v) is 3.08. The molecular weight excluding hydrogens is 242 g/mol. The Labute approximate surface area is 102 Å². The van der Waals surface area contributed by atoms with Gasteiger partial charge in [-0.1, -0.05) is 0 Å². The SMILES string of the molecule is O=C(Cc1ccn[nH]1)NC1(C(=O)O)CCSC1. The van der Waals surface area contributed by atoms with Gasteiger partial charge in [0, 0.05) is 17.6 Å². The van der Waals surface area contributed by atoms with Gasteiger partial charge in [-0.15, -0.1) is 0 Å². The second kappa shape index (κ2) is 4.79. The minimum atomic E-state index is -1.10. The molecule has 2 rings (SSSR count). The summed E-state index contributed by atoms with van der Waals surface area (Å²) in [4.78, 5) is 23.0. The van der Waals surface area contributed by atoms with E-state index in [-0.39, 0.29) is 12.3 Å². The molecule has 3 N–H and O–H groups in total. The molecule has 1 fully saturated rings. The number of aromatic amines is 1. The van der Waals surface area contributed by atoms with Crippen LogP contribution in [0.4, 0.5) is 0 Å². The lowest BCUT2D eigenvalue weighted by atomic mass is 9.99. The fourth-order valence-electron chi connectivity index (χ4n) is 1.75. The Morgan fingerprint density at radius 3 is 3.00 bits per heavy atom. The predicted molar refractivity (Wildman–Crippen MR) is 62.7 cm³/mol. The van der Waals surface area contributed by atoms with Crippen molar-refractivity contribution in [1.82, 2.24) is 15.5 Å². The number of nitrogens with one attached hydrogen (secondary N) is 2. The molecule has 0 bridgehead atoms. The highest BCUT2D eigenvalue weighted by atomic mass is 32.2. The summed E-state index contributed by atoms with van der Waals surface area (Å²) in [6.45, 7) is 0. The molecule has 1 aliphatic rings. The third-order valence-electron chi connectivity index (χ3n) is 2.72. The summed E-state index contributed by atoms with van der Waals surface area (Å²) in [6.07, 6.45) is 2.16. The summed E-state index contributed by atoms with van der Waals surface area (Å²) in [6, 6.07) is 1.69. The molecule has 17 heavy (non-hydrogen) atoms. The van der Waals surface area contributed by atoms with E-state index < -0.39 is 11.5 Å². The van der Waals surface area contributed by atoms with Gasteiger partial charge in [-0.25, -0.2) is 4.79 Å². The Kier molecular flexibility index (Phi) is 3.37. The molecule has 0 aromatic carbocycles. The number of carbonyl (C=O) groups is 2. The monoisotopic (exact) mass is 255 g/mol. The van der Waals surface area contributed by atoms with Gasteiger partial charge >= 0.3 is 5.97 Å². The van der Waals surface area contributed by atoms with Crippen LogP contribution in [0.2, 0.25) is 0 Å². The van der Waals surface area contributed by atoms with E-state index in [9.17, 15) is 14.7 Å². The normalized spacial score (nSPS) is 23.5. The number of amides is 1. The number of rotatable bonds is 4. The maximum absolute atomic E-state index is 11.7. The lowest BCUT2D eigenvalue weighted by Crippen LogP contribution is -2.55. The Bertz CT molecular complexity index is 412. The molecule has 0 radical (unpaired) electrons. The Balaban J connectivity index is 1.99. The molecule has 1 aliphatic heterocycles. The van der Waals surface area contributed by atoms with Crippen LogP contribution in [0.5, 0.6) is 0 Å². The number of aliphatic carboxylic acids is 1. The third kappa shape index (κ3) is 2.60. The number of thioether (sulfide) groups is 1. The Morgan fingerprint density at radius 1 is 1.65 bits per heavy atom. The average molecular weight is 255 g/mol. The van der Waals surface area contributed by atoms with Crippen LogP contribution in [0.25, 0.3) is 0 Å². The smallest absolute Gasteiger partial charge is 0.330 e. The van der Waals surface area contributed by atoms with E-state index in [1.807, 2.05) is 0 Å². The van der Waals surface area contributed by atoms with Gasteiger partial charge in [0.2, 0.25) is 5.91 Å². The van der Waals surface area contributed by atoms with Crippen LogP contribution in [0.15, 0.2) is 12.3 Å². The van der Waals surface area contributed by atoms with Gasteiger partial charge in [0.25, 0.3) is 0 Å². The molecule has 1 aromatic heterocycles. The minimum absolute atomic E-state index is 0.125. The summed E-state index contributed by atoms with van der Waals surface area (Å²) in [5, 5.41) is 18.2. The predicted octanol–water partition coefficient (Wildman–Crippen LogP) is 0.0287. The van der Waals surface area contributed by atoms with Crippen molar-refractivity contribution < 1.29 is 14.7 Å². The Hall–Kier alpha value is -1.50. The Morgan fingerprint density at radius 2 is 2.47 bits per heavy atom. The number of hydrogen-bond donors (Lipinski definition) is 3. The molecular formula is C10H13N3O3S. The maximum atomic E-state index is 11.7. The van der Waals surface area contributed by atoms with Crippen LogP contribution in [0.3, 0.4) is 0 Å². The van der Waals surface area contributed by atoms with E-state index in [4.69, 9.17) is 0 Å². The largest absolute Gasteiger partial charge is 0.479 e. The summed E-state index contributed by atoms with van der Waals surface area (Å²) < 4.78 is 0. The van der Waals surface area contributed by atoms with Crippen molar-refractivity contribution >= 4 is 23.6 Å². The molecule has 7 heteroatoms. The van der Waals surface area contributed by atoms with Gasteiger partial charge in [0.05, 0.1) is 6.42 Å². The maximum Gasteiger partial charge on any atom is 0.330 e. The molecule has 1 amide bonds. The number of nitrogens with zero attached hydrogens (tertiary/aromatic N) is 1. The first kappa shape index (κ1) is 12.0. The van der Waals surface area contributed by atoms with Crippen LogP contribution in [-0.4, -0.2) is 44.2 Å². The zero-order valence-electron chi connectivity index (χ0n) is 9.10. The average Bonchev–Trinajstić information content (AvgIpc) is 2.89. The fraction of sp³-hybridized carbons (Fsp3) is 0.500. The van der Waals surface area contributed by atoms with Crippen molar-refractivity contribution in [3.63, 3.8) is 0 Å². The number of H-pyrrole nitrogens is 1. The first-order chi connectivity index (χ1) is 8.12. The number of hydrogen-bond acceptors (Lipinski definition) is 4. The van der Waals surface area contributed by atoms with Crippen molar-refractivity contribution in [3.8, 4) is 0 Å². The number of carbonyl (C=O) groups excluding carboxylic acids is 1. The van der Waals surface area contributed by atoms with E-state index in [0.717, 1.165) is 5.75 Å². The van der Waals surface area contributed by atoms with Crippen LogP contribution in [-0.2, 0) is 16.0 Å². The van der Waals surface area contributed by atoms with Crippen LogP contribution >= 0.6 is 11.8 Å². The van der Waals surface area contributed by atoms with Crippen molar-refractivity contribution in [2.75, 3.05) is 11.5 Å². The molecule has 0 saturated carbocycles. The summed E-state index contributed by atoms with van der Waals surface area (Å²) in [5.41, 5.74) is -0.421. The van der Waals surface area contributed by atoms with Crippen molar-refractivity contribution in [1.29, 1.82) is 0 Å². The highest BCUT2D eigenvalue weighted by Crippen LogP contribution is 2.28. The molecule has 1 aromatic rings. The van der Waals surface area contributed by atoms with Gasteiger partial charge in [-0.3, -0.25) is 9.89 Å².